The van der Waals surface area contributed by atoms with Gasteiger partial charge < -0.3 is 25.4 Å². The van der Waals surface area contributed by atoms with Crippen molar-refractivity contribution in [3.8, 4) is 22.6 Å². The molecule has 2 bridgehead atoms. The van der Waals surface area contributed by atoms with E-state index in [0.717, 1.165) is 35.3 Å². The second kappa shape index (κ2) is 8.35. The molecule has 8 rings (SSSR count). The summed E-state index contributed by atoms with van der Waals surface area (Å²) in [6.45, 7) is 1.71. The highest BCUT2D eigenvalue weighted by atomic mass is 16.5. The van der Waals surface area contributed by atoms with Crippen LogP contribution in [0.15, 0.2) is 78.1 Å². The zero-order chi connectivity index (χ0) is 27.2. The summed E-state index contributed by atoms with van der Waals surface area (Å²) >= 11 is 0. The average Bonchev–Trinajstić information content (AvgIpc) is 3.70. The van der Waals surface area contributed by atoms with E-state index in [1.54, 1.807) is 6.07 Å². The monoisotopic (exact) mass is 536 g/mol. The van der Waals surface area contributed by atoms with E-state index in [1.165, 1.54) is 12.8 Å². The first-order chi connectivity index (χ1) is 19.4. The SMILES string of the molecule is O=C(Nc1cccc(-c2ccccc2)c1)C1=C(O)C2Oc3c(O)ccc4c3[C@@]23CCN(CC2CC2)[C@H](C4)[C@]3(O)C1. The summed E-state index contributed by atoms with van der Waals surface area (Å²) in [5.74, 6) is 0.378. The van der Waals surface area contributed by atoms with Crippen LogP contribution in [0.4, 0.5) is 5.69 Å². The Morgan fingerprint density at radius 3 is 2.62 bits per heavy atom. The number of nitrogens with zero attached hydrogens (tertiary/aromatic N) is 1. The number of rotatable bonds is 5. The predicted octanol–water partition coefficient (Wildman–Crippen LogP) is 4.68. The molecule has 3 aliphatic carbocycles. The Labute approximate surface area is 232 Å². The third-order valence-electron chi connectivity index (χ3n) is 10.0. The average molecular weight is 537 g/mol. The number of aliphatic hydroxyl groups excluding tert-OH is 1. The van der Waals surface area contributed by atoms with Crippen molar-refractivity contribution >= 4 is 11.6 Å². The lowest BCUT2D eigenvalue weighted by Gasteiger charge is -2.62. The van der Waals surface area contributed by atoms with Crippen LogP contribution >= 0.6 is 0 Å². The molecule has 1 saturated carbocycles. The van der Waals surface area contributed by atoms with Gasteiger partial charge in [0, 0.05) is 30.3 Å². The number of phenols is 1. The van der Waals surface area contributed by atoms with Gasteiger partial charge in [0.05, 0.1) is 16.6 Å². The zero-order valence-corrected chi connectivity index (χ0v) is 22.1. The largest absolute Gasteiger partial charge is 0.508 e. The van der Waals surface area contributed by atoms with E-state index < -0.39 is 23.0 Å². The topological polar surface area (TPSA) is 102 Å². The molecule has 1 saturated heterocycles. The number of anilines is 1. The number of phenolic OH excluding ortho intramolecular Hbond substituents is 1. The maximum Gasteiger partial charge on any atom is 0.255 e. The molecule has 2 fully saturated rings. The molecule has 1 amide bonds. The van der Waals surface area contributed by atoms with Gasteiger partial charge in [-0.15, -0.1) is 0 Å². The Bertz CT molecular complexity index is 1580. The summed E-state index contributed by atoms with van der Waals surface area (Å²) in [6, 6.07) is 20.9. The van der Waals surface area contributed by atoms with E-state index in [0.29, 0.717) is 30.2 Å². The molecule has 0 radical (unpaired) electrons. The van der Waals surface area contributed by atoms with Crippen molar-refractivity contribution < 1.29 is 24.9 Å². The Hall–Kier alpha value is -3.81. The highest BCUT2D eigenvalue weighted by molar-refractivity contribution is 6.05. The van der Waals surface area contributed by atoms with Crippen molar-refractivity contribution in [2.75, 3.05) is 18.4 Å². The maximum absolute atomic E-state index is 13.8. The number of piperidine rings is 1. The summed E-state index contributed by atoms with van der Waals surface area (Å²) < 4.78 is 6.31. The van der Waals surface area contributed by atoms with Crippen LogP contribution in [0, 0.1) is 5.92 Å². The van der Waals surface area contributed by atoms with Crippen LogP contribution in [0.3, 0.4) is 0 Å². The molecule has 3 aromatic carbocycles. The number of ether oxygens (including phenoxy) is 1. The molecule has 0 aromatic heterocycles. The van der Waals surface area contributed by atoms with Crippen LogP contribution in [0.1, 0.15) is 36.8 Å². The number of nitrogens with one attached hydrogen (secondary N) is 1. The van der Waals surface area contributed by atoms with Gasteiger partial charge in [-0.3, -0.25) is 9.69 Å². The lowest BCUT2D eigenvalue weighted by molar-refractivity contribution is -0.172. The molecule has 1 unspecified atom stereocenters. The summed E-state index contributed by atoms with van der Waals surface area (Å²) in [5, 5.41) is 38.1. The van der Waals surface area contributed by atoms with Gasteiger partial charge in [-0.05, 0) is 73.0 Å². The smallest absolute Gasteiger partial charge is 0.255 e. The van der Waals surface area contributed by atoms with Crippen LogP contribution in [0.2, 0.25) is 0 Å². The van der Waals surface area contributed by atoms with Crippen LogP contribution in [0.25, 0.3) is 11.1 Å². The number of aromatic hydroxyl groups is 1. The minimum Gasteiger partial charge on any atom is -0.508 e. The van der Waals surface area contributed by atoms with Crippen molar-refractivity contribution in [1.29, 1.82) is 0 Å². The van der Waals surface area contributed by atoms with Crippen molar-refractivity contribution in [2.45, 2.75) is 55.3 Å². The molecule has 204 valence electrons. The molecule has 7 heteroatoms. The fourth-order valence-corrected chi connectivity index (χ4v) is 7.98. The van der Waals surface area contributed by atoms with Crippen LogP contribution in [-0.4, -0.2) is 57.0 Å². The zero-order valence-electron chi connectivity index (χ0n) is 22.1. The minimum absolute atomic E-state index is 0.000244. The fourth-order valence-electron chi connectivity index (χ4n) is 7.98. The van der Waals surface area contributed by atoms with Gasteiger partial charge in [-0.1, -0.05) is 48.5 Å². The highest BCUT2D eigenvalue weighted by Gasteiger charge is 2.73. The first-order valence-electron chi connectivity index (χ1n) is 14.3. The number of amides is 1. The first kappa shape index (κ1) is 24.0. The van der Waals surface area contributed by atoms with Gasteiger partial charge in [0.2, 0.25) is 0 Å². The maximum atomic E-state index is 13.8. The summed E-state index contributed by atoms with van der Waals surface area (Å²) in [6.07, 6.45) is 2.70. The lowest BCUT2D eigenvalue weighted by Crippen LogP contribution is -2.75. The number of likely N-dealkylation sites (tertiary alicyclic amines) is 1. The van der Waals surface area contributed by atoms with Crippen molar-refractivity contribution in [3.63, 3.8) is 0 Å². The number of aliphatic hydroxyl groups is 2. The number of carbonyl (C=O) groups excluding carboxylic acids is 1. The molecular weight excluding hydrogens is 504 g/mol. The lowest BCUT2D eigenvalue weighted by atomic mass is 9.49. The number of carbonyl (C=O) groups is 1. The van der Waals surface area contributed by atoms with Crippen molar-refractivity contribution in [2.24, 2.45) is 5.92 Å². The molecule has 7 nitrogen and oxygen atoms in total. The van der Waals surface area contributed by atoms with Crippen LogP contribution in [0.5, 0.6) is 11.5 Å². The minimum atomic E-state index is -1.33. The van der Waals surface area contributed by atoms with Crippen molar-refractivity contribution in [1.82, 2.24) is 4.90 Å². The van der Waals surface area contributed by atoms with E-state index in [4.69, 9.17) is 4.74 Å². The number of benzene rings is 3. The van der Waals surface area contributed by atoms with Gasteiger partial charge in [0.25, 0.3) is 5.91 Å². The fraction of sp³-hybridized carbons (Fsp3) is 0.364. The number of hydrogen-bond acceptors (Lipinski definition) is 6. The molecular formula is C33H32N2O5. The van der Waals surface area contributed by atoms with E-state index in [1.807, 2.05) is 60.7 Å². The third-order valence-corrected chi connectivity index (χ3v) is 10.0. The van der Waals surface area contributed by atoms with Crippen LogP contribution < -0.4 is 10.1 Å². The van der Waals surface area contributed by atoms with E-state index in [-0.39, 0.29) is 29.5 Å². The van der Waals surface area contributed by atoms with Gasteiger partial charge >= 0.3 is 0 Å². The molecule has 40 heavy (non-hydrogen) atoms. The van der Waals surface area contributed by atoms with E-state index in [9.17, 15) is 20.1 Å². The second-order valence-electron chi connectivity index (χ2n) is 12.2. The third kappa shape index (κ3) is 3.22. The molecule has 1 spiro atoms. The van der Waals surface area contributed by atoms with Gasteiger partial charge in [0.1, 0.15) is 5.76 Å². The standard InChI is InChI=1S/C33H32N2O5/c36-25-12-11-22-16-26-33(39)17-24(31(38)34-23-8-4-7-21(15-23)20-5-2-1-3-6-20)28(37)30-32(33,27(22)29(25)40-30)13-14-35(26)18-19-9-10-19/h1-8,11-12,15,19,26,30,36-37,39H,9-10,13-14,16-18H2,(H,34,38)/t26-,30?,32+,33-/m1/s1. The second-order valence-corrected chi connectivity index (χ2v) is 12.2. The molecule has 5 aliphatic rings. The van der Waals surface area contributed by atoms with E-state index >= 15 is 0 Å². The summed E-state index contributed by atoms with van der Waals surface area (Å²) in [7, 11) is 0. The Morgan fingerprint density at radius 1 is 1.02 bits per heavy atom. The quantitative estimate of drug-likeness (QED) is 0.378. The summed E-state index contributed by atoms with van der Waals surface area (Å²) in [5.41, 5.74) is 2.35. The molecule has 4 atom stereocenters. The predicted molar refractivity (Wildman–Crippen MR) is 150 cm³/mol. The van der Waals surface area contributed by atoms with Gasteiger partial charge in [-0.2, -0.15) is 0 Å². The van der Waals surface area contributed by atoms with Gasteiger partial charge in [-0.25, -0.2) is 0 Å². The summed E-state index contributed by atoms with van der Waals surface area (Å²) in [4.78, 5) is 16.2. The molecule has 3 aromatic rings. The Kier molecular flexibility index (Phi) is 5.01. The normalized spacial score (nSPS) is 30.0. The van der Waals surface area contributed by atoms with Crippen LogP contribution in [-0.2, 0) is 16.6 Å². The van der Waals surface area contributed by atoms with Crippen molar-refractivity contribution in [3.05, 3.63) is 89.2 Å². The van der Waals surface area contributed by atoms with Gasteiger partial charge in [0.15, 0.2) is 17.6 Å². The molecule has 2 heterocycles. The van der Waals surface area contributed by atoms with E-state index in [2.05, 4.69) is 10.2 Å². The highest BCUT2D eigenvalue weighted by Crippen LogP contribution is 2.66. The first-order valence-corrected chi connectivity index (χ1v) is 14.3. The Morgan fingerprint density at radius 2 is 1.82 bits per heavy atom. The molecule has 2 aliphatic heterocycles. The Balaban J connectivity index is 1.20. The number of hydrogen-bond donors (Lipinski definition) is 4. The molecule has 4 N–H and O–H groups in total.